The molecule has 29 heavy (non-hydrogen) atoms. The first-order valence-corrected chi connectivity index (χ1v) is 11.2. The van der Waals surface area contributed by atoms with Gasteiger partial charge in [0.25, 0.3) is 0 Å². The summed E-state index contributed by atoms with van der Waals surface area (Å²) < 4.78 is 14.5. The Bertz CT molecular complexity index is 839. The summed E-state index contributed by atoms with van der Waals surface area (Å²) in [6.07, 6.45) is 4.17. The lowest BCUT2D eigenvalue weighted by Gasteiger charge is -2.32. The zero-order chi connectivity index (χ0) is 20.2. The van der Waals surface area contributed by atoms with Gasteiger partial charge in [0, 0.05) is 29.3 Å². The van der Waals surface area contributed by atoms with Gasteiger partial charge in [0.15, 0.2) is 0 Å². The van der Waals surface area contributed by atoms with E-state index in [1.54, 1.807) is 12.1 Å². The van der Waals surface area contributed by atoms with Crippen molar-refractivity contribution in [2.75, 3.05) is 31.1 Å². The van der Waals surface area contributed by atoms with E-state index in [0.29, 0.717) is 5.92 Å². The summed E-state index contributed by atoms with van der Waals surface area (Å²) in [4.78, 5) is 16.6. The summed E-state index contributed by atoms with van der Waals surface area (Å²) in [7, 11) is 0. The molecule has 4 rings (SSSR count). The molecule has 2 aliphatic rings. The Morgan fingerprint density at radius 1 is 1.10 bits per heavy atom. The van der Waals surface area contributed by atoms with Gasteiger partial charge in [0.2, 0.25) is 0 Å². The summed E-state index contributed by atoms with van der Waals surface area (Å²) in [5.74, 6) is 0.438. The number of urea groups is 1. The highest BCUT2D eigenvalue weighted by atomic mass is 79.9. The van der Waals surface area contributed by atoms with E-state index in [4.69, 9.17) is 0 Å². The van der Waals surface area contributed by atoms with E-state index >= 15 is 0 Å². The lowest BCUT2D eigenvalue weighted by molar-refractivity contribution is 0.178. The molecule has 2 aromatic rings. The largest absolute Gasteiger partial charge is 0.333 e. The standard InChI is InChI=1S/C23H27BrFN3O/c24-22-7-6-19(25)15-18(22)14-17-8-11-27(12-9-17)13-10-20-16-28(23(29)26-20)21-4-2-1-3-5-21/h1-7,15,17,20H,8-14,16H2,(H,26,29). The SMILES string of the molecule is O=C1NC(CCN2CCC(Cc3cc(F)ccc3Br)CC2)CN1c1ccccc1. The van der Waals surface area contributed by atoms with E-state index in [1.807, 2.05) is 35.2 Å². The maximum Gasteiger partial charge on any atom is 0.322 e. The van der Waals surface area contributed by atoms with Gasteiger partial charge in [0.1, 0.15) is 5.82 Å². The Balaban J connectivity index is 1.21. The number of amides is 2. The third-order valence-corrected chi connectivity index (χ3v) is 6.83. The molecule has 2 saturated heterocycles. The molecule has 0 radical (unpaired) electrons. The second kappa shape index (κ2) is 9.26. The van der Waals surface area contributed by atoms with Gasteiger partial charge < -0.3 is 10.2 Å². The number of benzene rings is 2. The fraction of sp³-hybridized carbons (Fsp3) is 0.435. The molecule has 2 heterocycles. The third-order valence-electron chi connectivity index (χ3n) is 6.06. The number of halogens is 2. The molecule has 2 aliphatic heterocycles. The Kier molecular flexibility index (Phi) is 6.50. The van der Waals surface area contributed by atoms with Gasteiger partial charge in [-0.1, -0.05) is 34.1 Å². The molecule has 1 N–H and O–H groups in total. The Morgan fingerprint density at radius 3 is 2.62 bits per heavy atom. The number of nitrogens with zero attached hydrogens (tertiary/aromatic N) is 2. The number of carbonyl (C=O) groups is 1. The smallest absolute Gasteiger partial charge is 0.322 e. The molecule has 0 aliphatic carbocycles. The summed E-state index contributed by atoms with van der Waals surface area (Å²) in [5.41, 5.74) is 2.02. The Hall–Kier alpha value is -1.92. The van der Waals surface area contributed by atoms with Crippen molar-refractivity contribution in [2.24, 2.45) is 5.92 Å². The van der Waals surface area contributed by atoms with Crippen LogP contribution < -0.4 is 10.2 Å². The van der Waals surface area contributed by atoms with Crippen molar-refractivity contribution in [3.05, 3.63) is 64.4 Å². The summed E-state index contributed by atoms with van der Waals surface area (Å²) in [5, 5.41) is 3.11. The normalized spacial score (nSPS) is 20.8. The monoisotopic (exact) mass is 459 g/mol. The highest BCUT2D eigenvalue weighted by Crippen LogP contribution is 2.27. The average molecular weight is 460 g/mol. The number of likely N-dealkylation sites (tertiary alicyclic amines) is 1. The molecule has 6 heteroatoms. The van der Waals surface area contributed by atoms with Crippen LogP contribution in [0.5, 0.6) is 0 Å². The fourth-order valence-electron chi connectivity index (χ4n) is 4.36. The second-order valence-electron chi connectivity index (χ2n) is 8.11. The number of para-hydroxylation sites is 1. The van der Waals surface area contributed by atoms with E-state index < -0.39 is 0 Å². The zero-order valence-electron chi connectivity index (χ0n) is 16.5. The van der Waals surface area contributed by atoms with Gasteiger partial charge in [-0.15, -0.1) is 0 Å². The van der Waals surface area contributed by atoms with Gasteiger partial charge in [-0.05, 0) is 80.6 Å². The maximum absolute atomic E-state index is 13.5. The number of piperidine rings is 1. The van der Waals surface area contributed by atoms with E-state index in [-0.39, 0.29) is 17.9 Å². The summed E-state index contributed by atoms with van der Waals surface area (Å²) in [6, 6.07) is 15.0. The van der Waals surface area contributed by atoms with Crippen molar-refractivity contribution in [1.82, 2.24) is 10.2 Å². The molecule has 1 atom stereocenters. The highest BCUT2D eigenvalue weighted by Gasteiger charge is 2.30. The topological polar surface area (TPSA) is 35.6 Å². The second-order valence-corrected chi connectivity index (χ2v) is 8.96. The van der Waals surface area contributed by atoms with E-state index in [0.717, 1.165) is 67.6 Å². The van der Waals surface area contributed by atoms with E-state index in [9.17, 15) is 9.18 Å². The minimum absolute atomic E-state index is 0.000536. The van der Waals surface area contributed by atoms with Gasteiger partial charge >= 0.3 is 6.03 Å². The number of carbonyl (C=O) groups excluding carboxylic acids is 1. The molecule has 2 aromatic carbocycles. The van der Waals surface area contributed by atoms with Gasteiger partial charge in [0.05, 0.1) is 0 Å². The van der Waals surface area contributed by atoms with Crippen LogP contribution in [0.15, 0.2) is 53.0 Å². The lowest BCUT2D eigenvalue weighted by Crippen LogP contribution is -2.38. The highest BCUT2D eigenvalue weighted by molar-refractivity contribution is 9.10. The van der Waals surface area contributed by atoms with Crippen molar-refractivity contribution in [3.63, 3.8) is 0 Å². The quantitative estimate of drug-likeness (QED) is 0.671. The van der Waals surface area contributed by atoms with Crippen LogP contribution >= 0.6 is 15.9 Å². The number of anilines is 1. The Morgan fingerprint density at radius 2 is 1.86 bits per heavy atom. The molecule has 0 saturated carbocycles. The number of rotatable bonds is 6. The first-order chi connectivity index (χ1) is 14.1. The first kappa shape index (κ1) is 20.4. The van der Waals surface area contributed by atoms with Gasteiger partial charge in [-0.3, -0.25) is 4.90 Å². The molecule has 1 unspecified atom stereocenters. The van der Waals surface area contributed by atoms with Crippen LogP contribution in [0, 0.1) is 11.7 Å². The van der Waals surface area contributed by atoms with Crippen molar-refractivity contribution in [1.29, 1.82) is 0 Å². The minimum atomic E-state index is -0.163. The minimum Gasteiger partial charge on any atom is -0.333 e. The summed E-state index contributed by atoms with van der Waals surface area (Å²) >= 11 is 3.54. The fourth-order valence-corrected chi connectivity index (χ4v) is 4.77. The zero-order valence-corrected chi connectivity index (χ0v) is 18.1. The van der Waals surface area contributed by atoms with E-state index in [2.05, 4.69) is 26.1 Å². The number of hydrogen-bond acceptors (Lipinski definition) is 2. The predicted molar refractivity (Wildman–Crippen MR) is 118 cm³/mol. The number of nitrogens with one attached hydrogen (secondary N) is 1. The van der Waals surface area contributed by atoms with Crippen LogP contribution in [-0.2, 0) is 6.42 Å². The van der Waals surface area contributed by atoms with Crippen LogP contribution in [0.1, 0.15) is 24.8 Å². The molecule has 2 fully saturated rings. The predicted octanol–water partition coefficient (Wildman–Crippen LogP) is 4.83. The Labute approximate surface area is 180 Å². The van der Waals surface area contributed by atoms with Crippen molar-refractivity contribution in [3.8, 4) is 0 Å². The summed E-state index contributed by atoms with van der Waals surface area (Å²) in [6.45, 7) is 3.87. The van der Waals surface area contributed by atoms with Crippen LogP contribution in [0.25, 0.3) is 0 Å². The third kappa shape index (κ3) is 5.17. The molecule has 154 valence electrons. The van der Waals surface area contributed by atoms with Gasteiger partial charge in [-0.2, -0.15) is 0 Å². The van der Waals surface area contributed by atoms with Crippen molar-refractivity contribution >= 4 is 27.6 Å². The molecular weight excluding hydrogens is 433 g/mol. The molecule has 2 amide bonds. The first-order valence-electron chi connectivity index (χ1n) is 10.4. The average Bonchev–Trinajstić information content (AvgIpc) is 3.11. The number of hydrogen-bond donors (Lipinski definition) is 1. The molecule has 4 nitrogen and oxygen atoms in total. The van der Waals surface area contributed by atoms with E-state index in [1.165, 1.54) is 6.07 Å². The van der Waals surface area contributed by atoms with Gasteiger partial charge in [-0.25, -0.2) is 9.18 Å². The lowest BCUT2D eigenvalue weighted by atomic mass is 9.90. The van der Waals surface area contributed by atoms with Crippen LogP contribution in [-0.4, -0.2) is 43.2 Å². The molecule has 0 aromatic heterocycles. The van der Waals surface area contributed by atoms with Crippen LogP contribution in [0.3, 0.4) is 0 Å². The molecule has 0 bridgehead atoms. The van der Waals surface area contributed by atoms with Crippen LogP contribution in [0.4, 0.5) is 14.9 Å². The molecular formula is C23H27BrFN3O. The van der Waals surface area contributed by atoms with Crippen molar-refractivity contribution in [2.45, 2.75) is 31.7 Å². The van der Waals surface area contributed by atoms with Crippen molar-refractivity contribution < 1.29 is 9.18 Å². The molecule has 0 spiro atoms. The maximum atomic E-state index is 13.5. The van der Waals surface area contributed by atoms with Crippen LogP contribution in [0.2, 0.25) is 0 Å².